The predicted molar refractivity (Wildman–Crippen MR) is 112 cm³/mol. The third-order valence-corrected chi connectivity index (χ3v) is 6.35. The Labute approximate surface area is 180 Å². The predicted octanol–water partition coefficient (Wildman–Crippen LogP) is 2.94. The Bertz CT molecular complexity index is 814. The Morgan fingerprint density at radius 3 is 2.39 bits per heavy atom. The van der Waals surface area contributed by atoms with E-state index in [1.54, 1.807) is 13.8 Å². The van der Waals surface area contributed by atoms with Crippen molar-refractivity contribution in [2.24, 2.45) is 17.6 Å². The van der Waals surface area contributed by atoms with Crippen molar-refractivity contribution in [1.29, 1.82) is 0 Å². The maximum Gasteiger partial charge on any atom is 0.416 e. The molecule has 0 aliphatic carbocycles. The molecule has 6 nitrogen and oxygen atoms in total. The Balaban J connectivity index is 1.56. The molecule has 0 radical (unpaired) electrons. The zero-order chi connectivity index (χ0) is 23.0. The lowest BCUT2D eigenvalue weighted by Gasteiger charge is -2.39. The molecule has 2 amide bonds. The van der Waals surface area contributed by atoms with E-state index >= 15 is 0 Å². The number of nitrogens with zero attached hydrogens (tertiary/aromatic N) is 2. The van der Waals surface area contributed by atoms with Crippen LogP contribution in [0.2, 0.25) is 0 Å². The number of alkyl halides is 3. The maximum atomic E-state index is 12.9. The minimum atomic E-state index is -4.45. The van der Waals surface area contributed by atoms with Crippen molar-refractivity contribution in [3.05, 3.63) is 29.8 Å². The Morgan fingerprint density at radius 2 is 1.81 bits per heavy atom. The summed E-state index contributed by atoms with van der Waals surface area (Å²) in [5.41, 5.74) is 4.42. The summed E-state index contributed by atoms with van der Waals surface area (Å²) < 4.78 is 38.7. The average Bonchev–Trinajstić information content (AvgIpc) is 3.08. The summed E-state index contributed by atoms with van der Waals surface area (Å²) in [5.74, 6) is -0.233. The van der Waals surface area contributed by atoms with E-state index in [9.17, 15) is 22.8 Å². The van der Waals surface area contributed by atoms with E-state index in [1.807, 2.05) is 11.9 Å². The van der Waals surface area contributed by atoms with Gasteiger partial charge in [0, 0.05) is 31.4 Å². The van der Waals surface area contributed by atoms with Crippen LogP contribution >= 0.6 is 0 Å². The largest absolute Gasteiger partial charge is 0.416 e. The first kappa shape index (κ1) is 23.5. The van der Waals surface area contributed by atoms with E-state index in [4.69, 9.17) is 5.73 Å². The summed E-state index contributed by atoms with van der Waals surface area (Å²) in [7, 11) is 1.97. The van der Waals surface area contributed by atoms with Crippen molar-refractivity contribution < 1.29 is 22.8 Å². The van der Waals surface area contributed by atoms with E-state index in [0.717, 1.165) is 25.0 Å². The molecule has 2 saturated heterocycles. The summed E-state index contributed by atoms with van der Waals surface area (Å²) in [6.07, 6.45) is -2.10. The Morgan fingerprint density at radius 1 is 1.16 bits per heavy atom. The molecule has 2 atom stereocenters. The van der Waals surface area contributed by atoms with E-state index in [0.29, 0.717) is 32.0 Å². The molecule has 0 unspecified atom stereocenters. The van der Waals surface area contributed by atoms with Crippen LogP contribution in [0.1, 0.15) is 38.7 Å². The quantitative estimate of drug-likeness (QED) is 0.755. The van der Waals surface area contributed by atoms with Gasteiger partial charge in [-0.15, -0.1) is 0 Å². The summed E-state index contributed by atoms with van der Waals surface area (Å²) in [6, 6.07) is 4.91. The molecule has 1 aromatic carbocycles. The summed E-state index contributed by atoms with van der Waals surface area (Å²) in [5, 5.41) is 2.65. The smallest absolute Gasteiger partial charge is 0.341 e. The van der Waals surface area contributed by atoms with Crippen molar-refractivity contribution in [3.8, 4) is 0 Å². The van der Waals surface area contributed by atoms with E-state index in [1.165, 1.54) is 12.1 Å². The van der Waals surface area contributed by atoms with Crippen molar-refractivity contribution >= 4 is 17.5 Å². The lowest BCUT2D eigenvalue weighted by molar-refractivity contribution is -0.138. The van der Waals surface area contributed by atoms with E-state index in [-0.39, 0.29) is 29.5 Å². The molecule has 2 heterocycles. The fourth-order valence-corrected chi connectivity index (χ4v) is 4.68. The van der Waals surface area contributed by atoms with Gasteiger partial charge in [0.1, 0.15) is 0 Å². The first-order valence-corrected chi connectivity index (χ1v) is 10.6. The highest BCUT2D eigenvalue weighted by molar-refractivity contribution is 5.93. The van der Waals surface area contributed by atoms with Crippen LogP contribution in [-0.4, -0.2) is 59.9 Å². The second-order valence-electron chi connectivity index (χ2n) is 9.36. The van der Waals surface area contributed by atoms with Crippen LogP contribution in [0, 0.1) is 11.8 Å². The molecule has 172 valence electrons. The van der Waals surface area contributed by atoms with Gasteiger partial charge in [-0.2, -0.15) is 13.2 Å². The second kappa shape index (κ2) is 8.78. The zero-order valence-electron chi connectivity index (χ0n) is 18.2. The molecule has 31 heavy (non-hydrogen) atoms. The van der Waals surface area contributed by atoms with Gasteiger partial charge < -0.3 is 20.9 Å². The minimum Gasteiger partial charge on any atom is -0.341 e. The fraction of sp³-hybridized carbons (Fsp3) is 0.636. The van der Waals surface area contributed by atoms with Crippen molar-refractivity contribution in [2.75, 3.05) is 32.0 Å². The van der Waals surface area contributed by atoms with Crippen LogP contribution in [0.4, 0.5) is 18.9 Å². The van der Waals surface area contributed by atoms with Crippen LogP contribution in [0.3, 0.4) is 0 Å². The molecule has 3 rings (SSSR count). The molecular weight excluding hydrogens is 409 g/mol. The van der Waals surface area contributed by atoms with Crippen LogP contribution < -0.4 is 11.1 Å². The third kappa shape index (κ3) is 5.57. The number of anilines is 1. The Hall–Kier alpha value is -2.13. The maximum absolute atomic E-state index is 12.9. The zero-order valence-corrected chi connectivity index (χ0v) is 18.2. The highest BCUT2D eigenvalue weighted by atomic mass is 19.4. The van der Waals surface area contributed by atoms with Gasteiger partial charge in [-0.05, 0) is 64.3 Å². The van der Waals surface area contributed by atoms with Crippen molar-refractivity contribution in [1.82, 2.24) is 9.80 Å². The number of halogens is 3. The second-order valence-corrected chi connectivity index (χ2v) is 9.36. The highest BCUT2D eigenvalue weighted by Gasteiger charge is 2.40. The number of amides is 2. The molecule has 0 aromatic heterocycles. The summed E-state index contributed by atoms with van der Waals surface area (Å²) in [6.45, 7) is 5.27. The SMILES string of the molecule is CN1C[C@H](C(=O)Nc2cccc(C(F)(F)F)c2)C[C@@H]1C1CCN(C(=O)C(C)(C)N)CC1. The fourth-order valence-electron chi connectivity index (χ4n) is 4.68. The molecule has 2 aliphatic heterocycles. The molecule has 2 fully saturated rings. The normalized spacial score (nSPS) is 23.8. The standard InChI is InChI=1S/C22H31F3N4O2/c1-21(2,26)20(31)29-9-7-14(8-10-29)18-11-15(13-28(18)3)19(30)27-17-6-4-5-16(12-17)22(23,24)25/h4-6,12,14-15,18H,7-11,13,26H2,1-3H3,(H,27,30)/t15-,18-/m1/s1. The number of nitrogens with two attached hydrogens (primary N) is 1. The number of carbonyl (C=O) groups is 2. The van der Waals surface area contributed by atoms with Gasteiger partial charge in [0.05, 0.1) is 17.0 Å². The van der Waals surface area contributed by atoms with Gasteiger partial charge in [0.15, 0.2) is 0 Å². The topological polar surface area (TPSA) is 78.7 Å². The molecule has 0 spiro atoms. The van der Waals surface area contributed by atoms with Gasteiger partial charge in [-0.25, -0.2) is 0 Å². The molecule has 2 aliphatic rings. The third-order valence-electron chi connectivity index (χ3n) is 6.35. The van der Waals surface area contributed by atoms with Gasteiger partial charge in [-0.1, -0.05) is 6.07 Å². The van der Waals surface area contributed by atoms with Crippen LogP contribution in [0.15, 0.2) is 24.3 Å². The Kier molecular flexibility index (Phi) is 6.67. The van der Waals surface area contributed by atoms with Crippen LogP contribution in [-0.2, 0) is 15.8 Å². The number of nitrogens with one attached hydrogen (secondary N) is 1. The van der Waals surface area contributed by atoms with Crippen LogP contribution in [0.5, 0.6) is 0 Å². The first-order chi connectivity index (χ1) is 14.4. The van der Waals surface area contributed by atoms with Gasteiger partial charge in [0.2, 0.25) is 11.8 Å². The molecule has 0 bridgehead atoms. The minimum absolute atomic E-state index is 0.0518. The van der Waals surface area contributed by atoms with E-state index < -0.39 is 17.3 Å². The molecule has 0 saturated carbocycles. The highest BCUT2D eigenvalue weighted by Crippen LogP contribution is 2.34. The number of benzene rings is 1. The van der Waals surface area contributed by atoms with Crippen LogP contribution in [0.25, 0.3) is 0 Å². The molecule has 3 N–H and O–H groups in total. The van der Waals surface area contributed by atoms with Gasteiger partial charge in [0.25, 0.3) is 0 Å². The monoisotopic (exact) mass is 440 g/mol. The van der Waals surface area contributed by atoms with Gasteiger partial charge >= 0.3 is 6.18 Å². The number of hydrogen-bond donors (Lipinski definition) is 2. The van der Waals surface area contributed by atoms with Crippen molar-refractivity contribution in [3.63, 3.8) is 0 Å². The average molecular weight is 441 g/mol. The number of hydrogen-bond acceptors (Lipinski definition) is 4. The number of rotatable bonds is 4. The number of carbonyl (C=O) groups excluding carboxylic acids is 2. The summed E-state index contributed by atoms with van der Waals surface area (Å²) in [4.78, 5) is 29.1. The number of piperidine rings is 1. The van der Waals surface area contributed by atoms with Gasteiger partial charge in [-0.3, -0.25) is 9.59 Å². The molecule has 9 heteroatoms. The molecular formula is C22H31F3N4O2. The van der Waals surface area contributed by atoms with Crippen molar-refractivity contribution in [2.45, 2.75) is 50.9 Å². The molecule has 1 aromatic rings. The lowest BCUT2D eigenvalue weighted by Crippen LogP contribution is -2.54. The lowest BCUT2D eigenvalue weighted by atomic mass is 9.86. The summed E-state index contributed by atoms with van der Waals surface area (Å²) >= 11 is 0. The van der Waals surface area contributed by atoms with E-state index in [2.05, 4.69) is 10.2 Å². The first-order valence-electron chi connectivity index (χ1n) is 10.6. The number of likely N-dealkylation sites (tertiary alicyclic amines) is 2.